The van der Waals surface area contributed by atoms with Gasteiger partial charge in [0.05, 0.1) is 0 Å². The minimum absolute atomic E-state index is 0.131. The van der Waals surface area contributed by atoms with E-state index in [9.17, 15) is 19.2 Å². The molecule has 0 saturated heterocycles. The number of carbonyl (C=O) groups excluding carboxylic acids is 4. The van der Waals surface area contributed by atoms with E-state index in [0.29, 0.717) is 11.1 Å². The molecule has 132 valence electrons. The van der Waals surface area contributed by atoms with Gasteiger partial charge in [-0.15, -0.1) is 0 Å². The van der Waals surface area contributed by atoms with Crippen LogP contribution in [-0.2, 0) is 41.9 Å². The highest BCUT2D eigenvalue weighted by molar-refractivity contribution is 6.35. The SMILES string of the molecule is O=C(N=NC(=O)C(=O)OCc1ccccc1)C(=O)OCc1ccccc1. The smallest absolute Gasteiger partial charge is 0.401 e. The monoisotopic (exact) mass is 354 g/mol. The maximum atomic E-state index is 11.5. The molecular formula is C18H14N2O6. The van der Waals surface area contributed by atoms with Crippen molar-refractivity contribution >= 4 is 23.8 Å². The molecule has 0 N–H and O–H groups in total. The number of nitrogens with zero attached hydrogens (tertiary/aromatic N) is 2. The molecule has 0 aliphatic heterocycles. The predicted molar refractivity (Wildman–Crippen MR) is 87.3 cm³/mol. The highest BCUT2D eigenvalue weighted by Crippen LogP contribution is 2.02. The van der Waals surface area contributed by atoms with Gasteiger partial charge >= 0.3 is 23.8 Å². The largest absolute Gasteiger partial charge is 0.454 e. The first-order valence-electron chi connectivity index (χ1n) is 7.48. The van der Waals surface area contributed by atoms with E-state index in [4.69, 9.17) is 9.47 Å². The van der Waals surface area contributed by atoms with Crippen molar-refractivity contribution in [2.75, 3.05) is 0 Å². The standard InChI is InChI=1S/C18H14N2O6/c21-15(17(23)25-11-13-7-3-1-4-8-13)19-20-16(22)18(24)26-12-14-9-5-2-6-10-14/h1-10H,11-12H2. The summed E-state index contributed by atoms with van der Waals surface area (Å²) in [5, 5.41) is 5.75. The summed E-state index contributed by atoms with van der Waals surface area (Å²) in [5.41, 5.74) is 1.34. The second-order valence-electron chi connectivity index (χ2n) is 4.93. The second kappa shape index (κ2) is 9.58. The fourth-order valence-corrected chi connectivity index (χ4v) is 1.74. The predicted octanol–water partition coefficient (Wildman–Crippen LogP) is 1.98. The van der Waals surface area contributed by atoms with Crippen LogP contribution < -0.4 is 0 Å². The van der Waals surface area contributed by atoms with Gasteiger partial charge in [0, 0.05) is 0 Å². The molecule has 0 radical (unpaired) electrons. The lowest BCUT2D eigenvalue weighted by atomic mass is 10.2. The number of ether oxygens (including phenoxy) is 2. The van der Waals surface area contributed by atoms with Gasteiger partial charge in [0.25, 0.3) is 0 Å². The van der Waals surface area contributed by atoms with Gasteiger partial charge in [-0.2, -0.15) is 0 Å². The van der Waals surface area contributed by atoms with Gasteiger partial charge in [-0.05, 0) is 11.1 Å². The van der Waals surface area contributed by atoms with E-state index < -0.39 is 23.8 Å². The van der Waals surface area contributed by atoms with Gasteiger partial charge in [0.2, 0.25) is 0 Å². The third-order valence-corrected chi connectivity index (χ3v) is 3.01. The number of rotatable bonds is 4. The molecule has 2 amide bonds. The van der Waals surface area contributed by atoms with Crippen molar-refractivity contribution in [2.24, 2.45) is 10.2 Å². The van der Waals surface area contributed by atoms with Crippen molar-refractivity contribution < 1.29 is 28.7 Å². The van der Waals surface area contributed by atoms with Crippen molar-refractivity contribution in [3.63, 3.8) is 0 Å². The van der Waals surface area contributed by atoms with Crippen LogP contribution in [0.5, 0.6) is 0 Å². The van der Waals surface area contributed by atoms with E-state index in [2.05, 4.69) is 10.2 Å². The molecule has 26 heavy (non-hydrogen) atoms. The number of benzene rings is 2. The van der Waals surface area contributed by atoms with Gasteiger partial charge in [-0.25, -0.2) is 9.59 Å². The number of azo groups is 1. The molecule has 0 spiro atoms. The van der Waals surface area contributed by atoms with Gasteiger partial charge in [0.15, 0.2) is 0 Å². The molecule has 0 aliphatic carbocycles. The Labute approximate surface area is 148 Å². The maximum Gasteiger partial charge on any atom is 0.401 e. The van der Waals surface area contributed by atoms with Crippen molar-refractivity contribution in [1.29, 1.82) is 0 Å². The van der Waals surface area contributed by atoms with Crippen LogP contribution in [0.3, 0.4) is 0 Å². The van der Waals surface area contributed by atoms with E-state index in [1.165, 1.54) is 0 Å². The number of hydrogen-bond acceptors (Lipinski definition) is 6. The van der Waals surface area contributed by atoms with E-state index in [1.807, 2.05) is 0 Å². The minimum atomic E-state index is -1.40. The van der Waals surface area contributed by atoms with Crippen LogP contribution in [0.2, 0.25) is 0 Å². The van der Waals surface area contributed by atoms with Crippen molar-refractivity contribution in [3.05, 3.63) is 71.8 Å². The van der Waals surface area contributed by atoms with E-state index in [1.54, 1.807) is 60.7 Å². The van der Waals surface area contributed by atoms with Crippen LogP contribution in [-0.4, -0.2) is 23.8 Å². The molecule has 8 nitrogen and oxygen atoms in total. The topological polar surface area (TPSA) is 111 Å². The number of amides is 2. The summed E-state index contributed by atoms with van der Waals surface area (Å²) >= 11 is 0. The lowest BCUT2D eigenvalue weighted by Gasteiger charge is -2.02. The molecule has 0 unspecified atom stereocenters. The third-order valence-electron chi connectivity index (χ3n) is 3.01. The Morgan fingerprint density at radius 3 is 1.31 bits per heavy atom. The fraction of sp³-hybridized carbons (Fsp3) is 0.111. The maximum absolute atomic E-state index is 11.5. The lowest BCUT2D eigenvalue weighted by molar-refractivity contribution is -0.156. The highest BCUT2D eigenvalue weighted by atomic mass is 16.5. The van der Waals surface area contributed by atoms with Crippen LogP contribution in [0.4, 0.5) is 0 Å². The van der Waals surface area contributed by atoms with Crippen LogP contribution in [0.25, 0.3) is 0 Å². The molecule has 0 bridgehead atoms. The first-order valence-corrected chi connectivity index (χ1v) is 7.48. The van der Waals surface area contributed by atoms with E-state index in [0.717, 1.165) is 0 Å². The molecule has 2 rings (SSSR count). The molecule has 0 aromatic heterocycles. The van der Waals surface area contributed by atoms with Gasteiger partial charge < -0.3 is 9.47 Å². The van der Waals surface area contributed by atoms with Crippen LogP contribution in [0, 0.1) is 0 Å². The zero-order valence-electron chi connectivity index (χ0n) is 13.5. The molecule has 2 aromatic rings. The normalized spacial score (nSPS) is 10.3. The first-order chi connectivity index (χ1) is 12.6. The average molecular weight is 354 g/mol. The van der Waals surface area contributed by atoms with Crippen molar-refractivity contribution in [2.45, 2.75) is 13.2 Å². The molecule has 0 fully saturated rings. The van der Waals surface area contributed by atoms with Crippen molar-refractivity contribution in [3.8, 4) is 0 Å². The number of carbonyl (C=O) groups is 4. The lowest BCUT2D eigenvalue weighted by Crippen LogP contribution is -2.17. The molecule has 0 saturated carbocycles. The Morgan fingerprint density at radius 2 is 0.962 bits per heavy atom. The van der Waals surface area contributed by atoms with E-state index in [-0.39, 0.29) is 13.2 Å². The van der Waals surface area contributed by atoms with Gasteiger partial charge in [-0.3, -0.25) is 9.59 Å². The zero-order chi connectivity index (χ0) is 18.8. The zero-order valence-corrected chi connectivity index (χ0v) is 13.5. The Morgan fingerprint density at radius 1 is 0.615 bits per heavy atom. The number of esters is 2. The summed E-state index contributed by atoms with van der Waals surface area (Å²) in [6, 6.07) is 17.3. The summed E-state index contributed by atoms with van der Waals surface area (Å²) < 4.78 is 9.44. The molecule has 2 aromatic carbocycles. The summed E-state index contributed by atoms with van der Waals surface area (Å²) in [5.74, 6) is -5.37. The Kier molecular flexibility index (Phi) is 6.87. The summed E-state index contributed by atoms with van der Waals surface area (Å²) in [6.45, 7) is -0.262. The summed E-state index contributed by atoms with van der Waals surface area (Å²) in [4.78, 5) is 45.8. The average Bonchev–Trinajstić information content (AvgIpc) is 2.69. The molecule has 0 atom stereocenters. The van der Waals surface area contributed by atoms with Crippen molar-refractivity contribution in [1.82, 2.24) is 0 Å². The molecule has 0 aliphatic rings. The quantitative estimate of drug-likeness (QED) is 0.471. The Balaban J connectivity index is 1.77. The Hall–Kier alpha value is -3.68. The highest BCUT2D eigenvalue weighted by Gasteiger charge is 2.19. The second-order valence-corrected chi connectivity index (χ2v) is 4.93. The Bertz CT molecular complexity index is 749. The van der Waals surface area contributed by atoms with Crippen LogP contribution >= 0.6 is 0 Å². The number of hydrogen-bond donors (Lipinski definition) is 0. The fourth-order valence-electron chi connectivity index (χ4n) is 1.74. The van der Waals surface area contributed by atoms with Crippen LogP contribution in [0.15, 0.2) is 70.9 Å². The molecule has 8 heteroatoms. The van der Waals surface area contributed by atoms with Gasteiger partial charge in [-0.1, -0.05) is 70.9 Å². The summed E-state index contributed by atoms with van der Waals surface area (Å²) in [6.07, 6.45) is 0. The molecular weight excluding hydrogens is 340 g/mol. The van der Waals surface area contributed by atoms with Crippen LogP contribution in [0.1, 0.15) is 11.1 Å². The third kappa shape index (κ3) is 6.08. The minimum Gasteiger partial charge on any atom is -0.454 e. The summed E-state index contributed by atoms with van der Waals surface area (Å²) in [7, 11) is 0. The first kappa shape index (κ1) is 18.7. The molecule has 0 heterocycles. The van der Waals surface area contributed by atoms with E-state index >= 15 is 0 Å². The van der Waals surface area contributed by atoms with Gasteiger partial charge in [0.1, 0.15) is 13.2 Å².